The molecule has 1 aromatic rings. The van der Waals surface area contributed by atoms with Crippen molar-refractivity contribution in [2.24, 2.45) is 0 Å². The predicted molar refractivity (Wildman–Crippen MR) is 48.6 cm³/mol. The minimum atomic E-state index is -0.430. The molecule has 13 heavy (non-hydrogen) atoms. The van der Waals surface area contributed by atoms with Gasteiger partial charge in [0.1, 0.15) is 0 Å². The summed E-state index contributed by atoms with van der Waals surface area (Å²) in [6.07, 6.45) is 0.466. The second-order valence-electron chi connectivity index (χ2n) is 2.84. The molecule has 0 unspecified atom stereocenters. The van der Waals surface area contributed by atoms with Gasteiger partial charge >= 0.3 is 0 Å². The number of aryl methyl sites for hydroxylation is 1. The molecule has 4 nitrogen and oxygen atoms in total. The van der Waals surface area contributed by atoms with E-state index in [1.807, 2.05) is 6.92 Å². The molecule has 0 saturated carbocycles. The molecule has 0 radical (unpaired) electrons. The van der Waals surface area contributed by atoms with E-state index in [1.54, 1.807) is 6.07 Å². The van der Waals surface area contributed by atoms with Gasteiger partial charge in [0.15, 0.2) is 0 Å². The molecule has 1 N–H and O–H groups in total. The van der Waals surface area contributed by atoms with Gasteiger partial charge in [-0.3, -0.25) is 10.1 Å². The number of aliphatic hydroxyl groups excluding tert-OH is 1. The Morgan fingerprint density at radius 1 is 1.54 bits per heavy atom. The average Bonchev–Trinajstić information content (AvgIpc) is 2.08. The Morgan fingerprint density at radius 2 is 2.23 bits per heavy atom. The largest absolute Gasteiger partial charge is 0.396 e. The first-order valence-corrected chi connectivity index (χ1v) is 4.00. The van der Waals surface area contributed by atoms with Crippen LogP contribution in [-0.4, -0.2) is 16.6 Å². The molecule has 4 heteroatoms. The first kappa shape index (κ1) is 9.67. The second-order valence-corrected chi connectivity index (χ2v) is 2.84. The van der Waals surface area contributed by atoms with Crippen LogP contribution in [0.4, 0.5) is 5.69 Å². The molecular weight excluding hydrogens is 170 g/mol. The van der Waals surface area contributed by atoms with Crippen molar-refractivity contribution in [3.63, 3.8) is 0 Å². The topological polar surface area (TPSA) is 63.4 Å². The number of aliphatic hydroxyl groups is 1. The van der Waals surface area contributed by atoms with Crippen LogP contribution in [0.5, 0.6) is 0 Å². The quantitative estimate of drug-likeness (QED) is 0.566. The summed E-state index contributed by atoms with van der Waals surface area (Å²) < 4.78 is 0. The lowest BCUT2D eigenvalue weighted by atomic mass is 10.1. The van der Waals surface area contributed by atoms with Crippen LogP contribution < -0.4 is 0 Å². The highest BCUT2D eigenvalue weighted by Crippen LogP contribution is 2.17. The van der Waals surface area contributed by atoms with Gasteiger partial charge in [-0.2, -0.15) is 0 Å². The molecule has 1 rings (SSSR count). The summed E-state index contributed by atoms with van der Waals surface area (Å²) in [4.78, 5) is 9.98. The van der Waals surface area contributed by atoms with E-state index in [9.17, 15) is 10.1 Å². The Bertz CT molecular complexity index is 323. The number of nitrogens with zero attached hydrogens (tertiary/aromatic N) is 1. The summed E-state index contributed by atoms with van der Waals surface area (Å²) in [6.45, 7) is 1.89. The van der Waals surface area contributed by atoms with Gasteiger partial charge in [-0.25, -0.2) is 0 Å². The van der Waals surface area contributed by atoms with Crippen molar-refractivity contribution in [3.05, 3.63) is 39.4 Å². The lowest BCUT2D eigenvalue weighted by Crippen LogP contribution is -1.96. The van der Waals surface area contributed by atoms with E-state index in [4.69, 9.17) is 5.11 Å². The molecule has 0 heterocycles. The Balaban J connectivity index is 3.03. The van der Waals surface area contributed by atoms with Gasteiger partial charge in [-0.1, -0.05) is 6.07 Å². The summed E-state index contributed by atoms with van der Waals surface area (Å²) in [7, 11) is 0. The van der Waals surface area contributed by atoms with Gasteiger partial charge in [0.2, 0.25) is 0 Å². The van der Waals surface area contributed by atoms with Crippen molar-refractivity contribution in [1.29, 1.82) is 0 Å². The van der Waals surface area contributed by atoms with Crippen LogP contribution in [0.25, 0.3) is 0 Å². The number of hydrogen-bond acceptors (Lipinski definition) is 3. The number of hydrogen-bond donors (Lipinski definition) is 1. The van der Waals surface area contributed by atoms with Gasteiger partial charge < -0.3 is 5.11 Å². The van der Waals surface area contributed by atoms with E-state index in [0.29, 0.717) is 6.42 Å². The summed E-state index contributed by atoms with van der Waals surface area (Å²) in [5.41, 5.74) is 1.88. The third kappa shape index (κ3) is 2.26. The van der Waals surface area contributed by atoms with Crippen molar-refractivity contribution in [1.82, 2.24) is 0 Å². The maximum absolute atomic E-state index is 10.4. The van der Waals surface area contributed by atoms with Crippen LogP contribution >= 0.6 is 0 Å². The molecule has 0 aliphatic heterocycles. The fraction of sp³-hybridized carbons (Fsp3) is 0.333. The van der Waals surface area contributed by atoms with E-state index in [1.165, 1.54) is 12.1 Å². The van der Waals surface area contributed by atoms with Crippen LogP contribution in [0, 0.1) is 17.0 Å². The molecule has 1 aromatic carbocycles. The molecule has 0 bridgehead atoms. The molecule has 70 valence electrons. The molecule has 0 spiro atoms. The van der Waals surface area contributed by atoms with Gasteiger partial charge in [0.25, 0.3) is 5.69 Å². The lowest BCUT2D eigenvalue weighted by molar-refractivity contribution is -0.384. The van der Waals surface area contributed by atoms with Gasteiger partial charge in [-0.15, -0.1) is 0 Å². The third-order valence-corrected chi connectivity index (χ3v) is 1.92. The Morgan fingerprint density at radius 3 is 2.77 bits per heavy atom. The minimum Gasteiger partial charge on any atom is -0.396 e. The predicted octanol–water partition coefficient (Wildman–Crippen LogP) is 1.44. The molecule has 0 aliphatic carbocycles. The van der Waals surface area contributed by atoms with Crippen molar-refractivity contribution >= 4 is 5.69 Å². The molecule has 0 atom stereocenters. The third-order valence-electron chi connectivity index (χ3n) is 1.92. The number of benzene rings is 1. The fourth-order valence-corrected chi connectivity index (χ4v) is 1.16. The maximum atomic E-state index is 10.4. The van der Waals surface area contributed by atoms with E-state index in [2.05, 4.69) is 0 Å². The minimum absolute atomic E-state index is 0.0159. The average molecular weight is 181 g/mol. The van der Waals surface area contributed by atoms with E-state index in [-0.39, 0.29) is 12.3 Å². The monoisotopic (exact) mass is 181 g/mol. The number of non-ortho nitro benzene ring substituents is 1. The van der Waals surface area contributed by atoms with E-state index < -0.39 is 4.92 Å². The molecule has 0 aromatic heterocycles. The summed E-state index contributed by atoms with van der Waals surface area (Å²) >= 11 is 0. The zero-order valence-corrected chi connectivity index (χ0v) is 7.36. The summed E-state index contributed by atoms with van der Waals surface area (Å²) in [5.74, 6) is 0. The normalized spacial score (nSPS) is 10.0. The Kier molecular flexibility index (Phi) is 2.97. The van der Waals surface area contributed by atoms with Gasteiger partial charge in [0.05, 0.1) is 4.92 Å². The molecule has 0 amide bonds. The van der Waals surface area contributed by atoms with Crippen molar-refractivity contribution in [3.8, 4) is 0 Å². The van der Waals surface area contributed by atoms with Crippen molar-refractivity contribution < 1.29 is 10.0 Å². The molecular formula is C9H11NO3. The summed E-state index contributed by atoms with van der Waals surface area (Å²) in [6, 6.07) is 4.67. The highest BCUT2D eigenvalue weighted by molar-refractivity contribution is 5.39. The molecule has 0 saturated heterocycles. The first-order chi connectivity index (χ1) is 6.15. The number of rotatable bonds is 3. The highest BCUT2D eigenvalue weighted by Gasteiger charge is 2.07. The van der Waals surface area contributed by atoms with E-state index in [0.717, 1.165) is 11.1 Å². The molecule has 0 fully saturated rings. The standard InChI is InChI=1S/C9H11NO3/c1-7-2-3-9(10(12)13)6-8(7)4-5-11/h2-3,6,11H,4-5H2,1H3. The van der Waals surface area contributed by atoms with Crippen molar-refractivity contribution in [2.75, 3.05) is 6.61 Å². The zero-order chi connectivity index (χ0) is 9.84. The second kappa shape index (κ2) is 4.00. The van der Waals surface area contributed by atoms with Crippen LogP contribution in [0.3, 0.4) is 0 Å². The zero-order valence-electron chi connectivity index (χ0n) is 7.36. The lowest BCUT2D eigenvalue weighted by Gasteiger charge is -2.02. The summed E-state index contributed by atoms with van der Waals surface area (Å²) in [5, 5.41) is 19.1. The van der Waals surface area contributed by atoms with Crippen LogP contribution in [0.2, 0.25) is 0 Å². The number of nitro groups is 1. The fourth-order valence-electron chi connectivity index (χ4n) is 1.16. The van der Waals surface area contributed by atoms with Crippen LogP contribution in [-0.2, 0) is 6.42 Å². The SMILES string of the molecule is Cc1ccc([N+](=O)[O-])cc1CCO. The Labute approximate surface area is 76.0 Å². The van der Waals surface area contributed by atoms with E-state index >= 15 is 0 Å². The smallest absolute Gasteiger partial charge is 0.269 e. The van der Waals surface area contributed by atoms with Gasteiger partial charge in [0, 0.05) is 18.7 Å². The van der Waals surface area contributed by atoms with Crippen molar-refractivity contribution in [2.45, 2.75) is 13.3 Å². The maximum Gasteiger partial charge on any atom is 0.269 e. The van der Waals surface area contributed by atoms with Crippen LogP contribution in [0.15, 0.2) is 18.2 Å². The Hall–Kier alpha value is -1.42. The first-order valence-electron chi connectivity index (χ1n) is 4.00. The highest BCUT2D eigenvalue weighted by atomic mass is 16.6. The number of nitro benzene ring substituents is 1. The van der Waals surface area contributed by atoms with Crippen LogP contribution in [0.1, 0.15) is 11.1 Å². The van der Waals surface area contributed by atoms with Gasteiger partial charge in [-0.05, 0) is 24.5 Å². The molecule has 0 aliphatic rings.